The maximum absolute atomic E-state index is 13.7. The summed E-state index contributed by atoms with van der Waals surface area (Å²) in [7, 11) is -3.72. The van der Waals surface area contributed by atoms with Crippen LogP contribution in [0.25, 0.3) is 11.3 Å². The number of carbonyl (C=O) groups excluding carboxylic acids is 2. The summed E-state index contributed by atoms with van der Waals surface area (Å²) in [4.78, 5) is 28.5. The number of hydrogen-bond donors (Lipinski definition) is 1. The number of esters is 1. The van der Waals surface area contributed by atoms with Gasteiger partial charge in [-0.25, -0.2) is 17.9 Å². The maximum Gasteiger partial charge on any atom is 0.344 e. The zero-order valence-electron chi connectivity index (χ0n) is 23.2. The number of nitrogens with one attached hydrogen (secondary N) is 1. The van der Waals surface area contributed by atoms with Gasteiger partial charge in [-0.15, -0.1) is 0 Å². The maximum atomic E-state index is 13.7. The molecule has 222 valence electrons. The molecule has 42 heavy (non-hydrogen) atoms. The Labute approximate surface area is 254 Å². The van der Waals surface area contributed by atoms with Gasteiger partial charge >= 0.3 is 5.97 Å². The number of anilines is 1. The van der Waals surface area contributed by atoms with E-state index in [0.717, 1.165) is 31.4 Å². The molecule has 0 radical (unpaired) electrons. The van der Waals surface area contributed by atoms with Crippen LogP contribution in [0.5, 0.6) is 0 Å². The first-order valence-electron chi connectivity index (χ1n) is 14.1. The van der Waals surface area contributed by atoms with E-state index in [1.807, 2.05) is 12.1 Å². The Balaban J connectivity index is 1.17. The lowest BCUT2D eigenvalue weighted by molar-refractivity contribution is 0.0202. The summed E-state index contributed by atoms with van der Waals surface area (Å²) in [6, 6.07) is 12.4. The van der Waals surface area contributed by atoms with Gasteiger partial charge in [0.1, 0.15) is 17.4 Å². The van der Waals surface area contributed by atoms with Crippen LogP contribution < -0.4 is 9.62 Å². The Kier molecular flexibility index (Phi) is 7.74. The molecule has 3 aromatic rings. The second kappa shape index (κ2) is 11.2. The molecule has 1 N–H and O–H groups in total. The fraction of sp³-hybridized carbons (Fsp3) is 0.433. The minimum Gasteiger partial charge on any atom is -0.458 e. The molecule has 3 atom stereocenters. The summed E-state index contributed by atoms with van der Waals surface area (Å²) in [5.41, 5.74) is 2.28. The second-order valence-electron chi connectivity index (χ2n) is 11.5. The summed E-state index contributed by atoms with van der Waals surface area (Å²) in [6.45, 7) is 3.03. The van der Waals surface area contributed by atoms with Crippen LogP contribution in [0.1, 0.15) is 84.8 Å². The lowest BCUT2D eigenvalue weighted by atomic mass is 9.98. The minimum absolute atomic E-state index is 0.128. The number of ether oxygens (including phenoxy) is 1. The first kappa shape index (κ1) is 29.0. The van der Waals surface area contributed by atoms with Gasteiger partial charge in [0.15, 0.2) is 5.76 Å². The van der Waals surface area contributed by atoms with E-state index in [4.69, 9.17) is 32.5 Å². The third-order valence-electron chi connectivity index (χ3n) is 8.32. The van der Waals surface area contributed by atoms with Gasteiger partial charge in [-0.2, -0.15) is 0 Å². The van der Waals surface area contributed by atoms with Gasteiger partial charge in [-0.3, -0.25) is 4.79 Å². The van der Waals surface area contributed by atoms with E-state index in [-0.39, 0.29) is 29.7 Å². The monoisotopic (exact) mass is 631 g/mol. The van der Waals surface area contributed by atoms with Crippen molar-refractivity contribution in [1.29, 1.82) is 0 Å². The number of carbonyl (C=O) groups is 2. The topological polar surface area (TPSA) is 119 Å². The molecule has 3 fully saturated rings. The molecule has 1 aliphatic carbocycles. The Morgan fingerprint density at radius 3 is 2.19 bits per heavy atom. The first-order chi connectivity index (χ1) is 20.0. The Bertz CT molecular complexity index is 1600. The number of benzene rings is 2. The molecule has 2 aliphatic heterocycles. The molecule has 3 heterocycles. The van der Waals surface area contributed by atoms with E-state index < -0.39 is 27.1 Å². The molecule has 3 aliphatic rings. The molecule has 12 heteroatoms. The van der Waals surface area contributed by atoms with Gasteiger partial charge in [0, 0.05) is 47.7 Å². The van der Waals surface area contributed by atoms with Crippen molar-refractivity contribution in [3.8, 4) is 11.3 Å². The SMILES string of the molecule is CC(C)S(=O)(=O)NC(=O)c1ccc(N2[C@@H]3CC[C@H]2C[C@H](OC(=O)c2c(-c4c(Cl)cccc4Cl)noc2C2CC2)C3)cc1. The van der Waals surface area contributed by atoms with Crippen molar-refractivity contribution in [2.75, 3.05) is 4.90 Å². The number of nitrogens with zero attached hydrogens (tertiary/aromatic N) is 2. The van der Waals surface area contributed by atoms with E-state index in [0.29, 0.717) is 45.5 Å². The quantitative estimate of drug-likeness (QED) is 0.286. The number of halogens is 2. The van der Waals surface area contributed by atoms with Crippen molar-refractivity contribution in [2.45, 2.75) is 81.7 Å². The number of rotatable bonds is 8. The first-order valence-corrected chi connectivity index (χ1v) is 16.4. The highest BCUT2D eigenvalue weighted by Gasteiger charge is 2.44. The zero-order chi connectivity index (χ0) is 29.8. The lowest BCUT2D eigenvalue weighted by Gasteiger charge is -2.40. The molecule has 1 saturated carbocycles. The number of piperidine rings is 1. The van der Waals surface area contributed by atoms with Crippen LogP contribution in [0, 0.1) is 0 Å². The summed E-state index contributed by atoms with van der Waals surface area (Å²) < 4.78 is 38.1. The zero-order valence-corrected chi connectivity index (χ0v) is 25.5. The second-order valence-corrected chi connectivity index (χ2v) is 14.6. The Morgan fingerprint density at radius 2 is 1.62 bits per heavy atom. The van der Waals surface area contributed by atoms with Gasteiger partial charge in [-0.05, 0) is 75.9 Å². The normalized spacial score (nSPS) is 21.9. The van der Waals surface area contributed by atoms with Crippen LogP contribution >= 0.6 is 23.2 Å². The molecule has 9 nitrogen and oxygen atoms in total. The summed E-state index contributed by atoms with van der Waals surface area (Å²) >= 11 is 12.9. The number of amides is 1. The van der Waals surface area contributed by atoms with E-state index in [2.05, 4.69) is 14.8 Å². The number of sulfonamides is 1. The average molecular weight is 633 g/mol. The fourth-order valence-corrected chi connectivity index (χ4v) is 7.15. The van der Waals surface area contributed by atoms with Crippen molar-refractivity contribution in [3.05, 3.63) is 69.4 Å². The van der Waals surface area contributed by atoms with Gasteiger partial charge in [0.05, 0.1) is 15.3 Å². The highest BCUT2D eigenvalue weighted by Crippen LogP contribution is 2.47. The number of fused-ring (bicyclic) bond motifs is 2. The third kappa shape index (κ3) is 5.52. The number of aromatic nitrogens is 1. The van der Waals surface area contributed by atoms with Crippen molar-refractivity contribution >= 4 is 50.8 Å². The average Bonchev–Trinajstić information content (AvgIpc) is 3.63. The van der Waals surface area contributed by atoms with E-state index in [1.165, 1.54) is 13.8 Å². The predicted octanol–water partition coefficient (Wildman–Crippen LogP) is 6.35. The minimum atomic E-state index is -3.72. The molecule has 2 bridgehead atoms. The Hall–Kier alpha value is -3.08. The van der Waals surface area contributed by atoms with E-state index in [9.17, 15) is 18.0 Å². The fourth-order valence-electron chi connectivity index (χ4n) is 5.97. The Morgan fingerprint density at radius 1 is 1.00 bits per heavy atom. The van der Waals surface area contributed by atoms with Gasteiger partial charge in [-0.1, -0.05) is 34.4 Å². The van der Waals surface area contributed by atoms with Crippen LogP contribution in [0.4, 0.5) is 5.69 Å². The van der Waals surface area contributed by atoms with Crippen LogP contribution in [-0.4, -0.2) is 48.9 Å². The molecule has 2 saturated heterocycles. The smallest absolute Gasteiger partial charge is 0.344 e. The van der Waals surface area contributed by atoms with Gasteiger partial charge < -0.3 is 14.2 Å². The van der Waals surface area contributed by atoms with Crippen LogP contribution in [0.15, 0.2) is 47.0 Å². The molecular formula is C30H31Cl2N3O6S. The van der Waals surface area contributed by atoms with Crippen LogP contribution in [0.3, 0.4) is 0 Å². The summed E-state index contributed by atoms with van der Waals surface area (Å²) in [6.07, 6.45) is 4.77. The van der Waals surface area contributed by atoms with Gasteiger partial charge in [0.25, 0.3) is 5.91 Å². The van der Waals surface area contributed by atoms with Crippen molar-refractivity contribution < 1.29 is 27.3 Å². The van der Waals surface area contributed by atoms with Gasteiger partial charge in [0.2, 0.25) is 10.0 Å². The molecule has 6 rings (SSSR count). The third-order valence-corrected chi connectivity index (χ3v) is 10.7. The summed E-state index contributed by atoms with van der Waals surface area (Å²) in [5, 5.41) is 4.26. The lowest BCUT2D eigenvalue weighted by Crippen LogP contribution is -2.46. The van der Waals surface area contributed by atoms with Crippen molar-refractivity contribution in [3.63, 3.8) is 0 Å². The highest BCUT2D eigenvalue weighted by atomic mass is 35.5. The van der Waals surface area contributed by atoms with Crippen LogP contribution in [-0.2, 0) is 14.8 Å². The standard InChI is InChI=1S/C30H31Cl2N3O6S/c1-16(2)42(38,39)34-29(36)18-8-10-19(11-9-18)35-20-12-13-21(35)15-22(14-20)40-30(37)26-27(33-41-28(26)17-6-7-17)25-23(31)4-3-5-24(25)32/h3-5,8-11,16-17,20-22H,6-7,12-15H2,1-2H3,(H,34,36)/t20-,21+,22-. The molecular weight excluding hydrogens is 601 g/mol. The van der Waals surface area contributed by atoms with Crippen LogP contribution in [0.2, 0.25) is 10.0 Å². The predicted molar refractivity (Wildman–Crippen MR) is 160 cm³/mol. The number of hydrogen-bond acceptors (Lipinski definition) is 8. The molecule has 1 amide bonds. The van der Waals surface area contributed by atoms with E-state index in [1.54, 1.807) is 30.3 Å². The molecule has 0 spiro atoms. The van der Waals surface area contributed by atoms with E-state index >= 15 is 0 Å². The van der Waals surface area contributed by atoms with Crippen molar-refractivity contribution in [1.82, 2.24) is 9.88 Å². The highest BCUT2D eigenvalue weighted by molar-refractivity contribution is 7.90. The van der Waals surface area contributed by atoms with Crippen molar-refractivity contribution in [2.24, 2.45) is 0 Å². The largest absolute Gasteiger partial charge is 0.458 e. The summed E-state index contributed by atoms with van der Waals surface area (Å²) in [5.74, 6) is -0.477. The molecule has 0 unspecified atom stereocenters. The molecule has 1 aromatic heterocycles. The molecule has 2 aromatic carbocycles.